The number of ether oxygens (including phenoxy) is 1. The van der Waals surface area contributed by atoms with Crippen molar-refractivity contribution in [3.8, 4) is 0 Å². The monoisotopic (exact) mass is 420 g/mol. The van der Waals surface area contributed by atoms with E-state index in [1.165, 1.54) is 24.3 Å². The average Bonchev–Trinajstić information content (AvgIpc) is 3.53. The number of rotatable bonds is 8. The lowest BCUT2D eigenvalue weighted by Gasteiger charge is -2.11. The van der Waals surface area contributed by atoms with Crippen LogP contribution in [0.3, 0.4) is 0 Å². The van der Waals surface area contributed by atoms with Crippen LogP contribution in [0.4, 0.5) is 20.2 Å². The van der Waals surface area contributed by atoms with Gasteiger partial charge in [0.15, 0.2) is 6.61 Å². The second-order valence-electron chi connectivity index (χ2n) is 6.34. The van der Waals surface area contributed by atoms with E-state index < -0.39 is 24.2 Å². The summed E-state index contributed by atoms with van der Waals surface area (Å²) in [5.74, 6) is -3.95. The number of amides is 2. The predicted molar refractivity (Wildman–Crippen MR) is 105 cm³/mol. The lowest BCUT2D eigenvalue weighted by molar-refractivity contribution is -0.119. The number of carbonyl (C=O) groups is 3. The van der Waals surface area contributed by atoms with E-state index in [2.05, 4.69) is 10.6 Å². The van der Waals surface area contributed by atoms with Crippen molar-refractivity contribution in [3.63, 3.8) is 0 Å². The van der Waals surface area contributed by atoms with Crippen molar-refractivity contribution >= 4 is 40.9 Å². The van der Waals surface area contributed by atoms with Crippen LogP contribution in [0.2, 0.25) is 0 Å². The van der Waals surface area contributed by atoms with Crippen molar-refractivity contribution in [3.05, 3.63) is 54.1 Å². The first-order valence-corrected chi connectivity index (χ1v) is 9.72. The number of para-hydroxylation sites is 1. The molecule has 2 amide bonds. The van der Waals surface area contributed by atoms with E-state index in [9.17, 15) is 23.2 Å². The molecule has 1 aliphatic rings. The van der Waals surface area contributed by atoms with Gasteiger partial charge >= 0.3 is 5.97 Å². The molecule has 0 aliphatic heterocycles. The maximum absolute atomic E-state index is 12.6. The number of carbonyl (C=O) groups excluding carboxylic acids is 3. The molecule has 1 saturated carbocycles. The fraction of sp³-hybridized carbons (Fsp3) is 0.250. The molecule has 6 nitrogen and oxygen atoms in total. The lowest BCUT2D eigenvalue weighted by Crippen LogP contribution is -2.21. The van der Waals surface area contributed by atoms with Crippen LogP contribution in [0.5, 0.6) is 0 Å². The van der Waals surface area contributed by atoms with E-state index in [0.29, 0.717) is 17.4 Å². The minimum atomic E-state index is -2.62. The molecular weight excluding hydrogens is 402 g/mol. The number of halogens is 2. The first kappa shape index (κ1) is 20.8. The van der Waals surface area contributed by atoms with Gasteiger partial charge in [-0.2, -0.15) is 8.78 Å². The highest BCUT2D eigenvalue weighted by Gasteiger charge is 2.29. The third-order valence-electron chi connectivity index (χ3n) is 4.05. The van der Waals surface area contributed by atoms with Gasteiger partial charge in [0.2, 0.25) is 5.91 Å². The Hall–Kier alpha value is -2.94. The van der Waals surface area contributed by atoms with E-state index >= 15 is 0 Å². The Labute approximate surface area is 170 Å². The summed E-state index contributed by atoms with van der Waals surface area (Å²) in [4.78, 5) is 36.0. The average molecular weight is 420 g/mol. The maximum atomic E-state index is 12.6. The Morgan fingerprint density at radius 1 is 1.03 bits per heavy atom. The normalized spacial score (nSPS) is 13.1. The molecular formula is C20H18F2N2O4S. The third kappa shape index (κ3) is 6.28. The zero-order valence-electron chi connectivity index (χ0n) is 15.2. The largest absolute Gasteiger partial charge is 0.452 e. The summed E-state index contributed by atoms with van der Waals surface area (Å²) in [5, 5.41) is 5.21. The highest BCUT2D eigenvalue weighted by atomic mass is 32.2. The molecule has 2 aromatic rings. The van der Waals surface area contributed by atoms with Gasteiger partial charge in [-0.05, 0) is 49.2 Å². The van der Waals surface area contributed by atoms with Gasteiger partial charge in [0, 0.05) is 16.5 Å². The van der Waals surface area contributed by atoms with Gasteiger partial charge in [-0.15, -0.1) is 0 Å². The van der Waals surface area contributed by atoms with Crippen molar-refractivity contribution in [2.24, 2.45) is 5.92 Å². The minimum absolute atomic E-state index is 0.0396. The van der Waals surface area contributed by atoms with Crippen LogP contribution in [0.1, 0.15) is 23.2 Å². The maximum Gasteiger partial charge on any atom is 0.338 e. The topological polar surface area (TPSA) is 84.5 Å². The van der Waals surface area contributed by atoms with E-state index in [4.69, 9.17) is 4.74 Å². The van der Waals surface area contributed by atoms with Crippen LogP contribution >= 0.6 is 11.8 Å². The van der Waals surface area contributed by atoms with Crippen LogP contribution < -0.4 is 10.6 Å². The second kappa shape index (κ2) is 9.51. The summed E-state index contributed by atoms with van der Waals surface area (Å²) >= 11 is 0.314. The minimum Gasteiger partial charge on any atom is -0.452 e. The molecule has 0 saturated heterocycles. The molecule has 3 rings (SSSR count). The van der Waals surface area contributed by atoms with Crippen molar-refractivity contribution < 1.29 is 27.9 Å². The van der Waals surface area contributed by atoms with Crippen molar-refractivity contribution in [1.29, 1.82) is 0 Å². The van der Waals surface area contributed by atoms with Crippen molar-refractivity contribution in [2.75, 3.05) is 17.2 Å². The van der Waals surface area contributed by atoms with Crippen LogP contribution in [0, 0.1) is 5.92 Å². The lowest BCUT2D eigenvalue weighted by atomic mass is 10.2. The Morgan fingerprint density at radius 3 is 2.38 bits per heavy atom. The fourth-order valence-electron chi connectivity index (χ4n) is 2.45. The van der Waals surface area contributed by atoms with Crippen LogP contribution in [-0.2, 0) is 14.3 Å². The van der Waals surface area contributed by atoms with Crippen molar-refractivity contribution in [2.45, 2.75) is 23.5 Å². The Bertz CT molecular complexity index is 902. The van der Waals surface area contributed by atoms with Gasteiger partial charge < -0.3 is 15.4 Å². The van der Waals surface area contributed by atoms with Gasteiger partial charge in [0.25, 0.3) is 11.7 Å². The number of benzene rings is 2. The Kier molecular flexibility index (Phi) is 6.82. The Balaban J connectivity index is 1.50. The molecule has 0 aromatic heterocycles. The van der Waals surface area contributed by atoms with Crippen LogP contribution in [-0.4, -0.2) is 30.1 Å². The fourth-order valence-corrected chi connectivity index (χ4v) is 3.04. The van der Waals surface area contributed by atoms with Gasteiger partial charge in [0.05, 0.1) is 11.3 Å². The molecule has 0 radical (unpaired) electrons. The molecule has 2 aromatic carbocycles. The summed E-state index contributed by atoms with van der Waals surface area (Å²) in [5.41, 5.74) is 1.01. The molecule has 1 aliphatic carbocycles. The van der Waals surface area contributed by atoms with Gasteiger partial charge in [-0.25, -0.2) is 4.79 Å². The summed E-state index contributed by atoms with van der Waals surface area (Å²) < 4.78 is 30.1. The third-order valence-corrected chi connectivity index (χ3v) is 4.84. The highest BCUT2D eigenvalue weighted by Crippen LogP contribution is 2.31. The number of nitrogens with one attached hydrogen (secondary N) is 2. The summed E-state index contributed by atoms with van der Waals surface area (Å²) in [6, 6.07) is 12.2. The van der Waals surface area contributed by atoms with E-state index in [-0.39, 0.29) is 28.0 Å². The number of anilines is 2. The van der Waals surface area contributed by atoms with Crippen LogP contribution in [0.25, 0.3) is 0 Å². The van der Waals surface area contributed by atoms with Gasteiger partial charge in [0.1, 0.15) is 0 Å². The first-order valence-electron chi connectivity index (χ1n) is 8.84. The molecule has 0 heterocycles. The summed E-state index contributed by atoms with van der Waals surface area (Å²) in [7, 11) is 0. The molecule has 0 bridgehead atoms. The molecule has 0 spiro atoms. The van der Waals surface area contributed by atoms with Gasteiger partial charge in [-0.3, -0.25) is 9.59 Å². The zero-order valence-corrected chi connectivity index (χ0v) is 16.0. The number of alkyl halides is 2. The zero-order chi connectivity index (χ0) is 20.8. The van der Waals surface area contributed by atoms with Gasteiger partial charge in [-0.1, -0.05) is 23.9 Å². The number of esters is 1. The quantitative estimate of drug-likeness (QED) is 0.495. The summed E-state index contributed by atoms with van der Waals surface area (Å²) in [6.45, 7) is -0.563. The first-order chi connectivity index (χ1) is 13.9. The number of thioether (sulfide) groups is 1. The molecule has 2 N–H and O–H groups in total. The molecule has 0 atom stereocenters. The molecule has 152 valence electrons. The molecule has 9 heteroatoms. The SMILES string of the molecule is O=C(COC(=O)c1ccc(NC(=O)C2CC2)cc1)Nc1ccccc1SC(F)F. The summed E-state index contributed by atoms with van der Waals surface area (Å²) in [6.07, 6.45) is 1.78. The smallest absolute Gasteiger partial charge is 0.338 e. The standard InChI is InChI=1S/C20H18F2N2O4S/c21-20(22)29-16-4-2-1-3-15(16)24-17(25)11-28-19(27)13-7-9-14(10-8-13)23-18(26)12-5-6-12/h1-4,7-10,12,20H,5-6,11H2,(H,23,26)(H,24,25). The molecule has 1 fully saturated rings. The molecule has 29 heavy (non-hydrogen) atoms. The highest BCUT2D eigenvalue weighted by molar-refractivity contribution is 7.99. The molecule has 0 unspecified atom stereocenters. The number of hydrogen-bond acceptors (Lipinski definition) is 5. The van der Waals surface area contributed by atoms with E-state index in [0.717, 1.165) is 12.8 Å². The van der Waals surface area contributed by atoms with Crippen molar-refractivity contribution in [1.82, 2.24) is 0 Å². The van der Waals surface area contributed by atoms with E-state index in [1.54, 1.807) is 24.3 Å². The second-order valence-corrected chi connectivity index (χ2v) is 7.37. The van der Waals surface area contributed by atoms with E-state index in [1.807, 2.05) is 0 Å². The number of hydrogen-bond donors (Lipinski definition) is 2. The van der Waals surface area contributed by atoms with Crippen LogP contribution in [0.15, 0.2) is 53.4 Å². The Morgan fingerprint density at radius 2 is 1.72 bits per heavy atom. The predicted octanol–water partition coefficient (Wildman–Crippen LogP) is 4.15.